The van der Waals surface area contributed by atoms with Crippen LogP contribution in [0.1, 0.15) is 0 Å². The summed E-state index contributed by atoms with van der Waals surface area (Å²) in [5.41, 5.74) is 0. The van der Waals surface area contributed by atoms with Gasteiger partial charge in [0.2, 0.25) is 0 Å². The first-order valence-corrected chi connectivity index (χ1v) is 9.37. The third-order valence-corrected chi connectivity index (χ3v) is 8.10. The van der Waals surface area contributed by atoms with Crippen LogP contribution in [-0.4, -0.2) is 38.5 Å². The lowest BCUT2D eigenvalue weighted by molar-refractivity contribution is -0.292. The molecule has 140 valence electrons. The highest BCUT2D eigenvalue weighted by atomic mass is 79.9. The topological polar surface area (TPSA) is 66.4 Å². The molecule has 0 spiro atoms. The summed E-state index contributed by atoms with van der Waals surface area (Å²) in [5, 5.41) is 8.36. The van der Waals surface area contributed by atoms with Crippen molar-refractivity contribution in [3.05, 3.63) is 13.8 Å². The highest BCUT2D eigenvalue weighted by Crippen LogP contribution is 2.44. The summed E-state index contributed by atoms with van der Waals surface area (Å²) in [7, 11) is -4.91. The molecule has 0 saturated carbocycles. The van der Waals surface area contributed by atoms with E-state index in [-0.39, 0.29) is 8.81 Å². The summed E-state index contributed by atoms with van der Waals surface area (Å²) in [4.78, 5) is 0. The van der Waals surface area contributed by atoms with Gasteiger partial charge in [-0.25, -0.2) is 13.1 Å². The zero-order valence-corrected chi connectivity index (χ0v) is 15.6. The van der Waals surface area contributed by atoms with Crippen molar-refractivity contribution >= 4 is 60.5 Å². The van der Waals surface area contributed by atoms with Crippen LogP contribution >= 0.6 is 50.5 Å². The molecular formula is C9H6BrCl2F6NO3S2. The quantitative estimate of drug-likeness (QED) is 0.591. The van der Waals surface area contributed by atoms with Crippen LogP contribution in [-0.2, 0) is 10.0 Å². The Morgan fingerprint density at radius 3 is 1.92 bits per heavy atom. The lowest BCUT2D eigenvalue weighted by Crippen LogP contribution is -2.54. The van der Waals surface area contributed by atoms with Gasteiger partial charge in [0.1, 0.15) is 4.34 Å². The standard InChI is InChI=1S/C9H6BrCl2F6NO3S2/c10-3-4(11)7(23-6(3)12)24(21,22)19-2(1-20)5(8(13,14)15)9(16,17)18/h2,5,19-20H,1H2. The number of rotatable bonds is 5. The lowest BCUT2D eigenvalue weighted by Gasteiger charge is -2.29. The van der Waals surface area contributed by atoms with Crippen molar-refractivity contribution in [3.63, 3.8) is 0 Å². The van der Waals surface area contributed by atoms with Crippen molar-refractivity contribution in [1.82, 2.24) is 4.72 Å². The summed E-state index contributed by atoms with van der Waals surface area (Å²) in [5.74, 6) is -4.11. The van der Waals surface area contributed by atoms with Gasteiger partial charge in [0.15, 0.2) is 10.1 Å². The van der Waals surface area contributed by atoms with Crippen LogP contribution in [0.4, 0.5) is 26.3 Å². The van der Waals surface area contributed by atoms with Gasteiger partial charge in [-0.1, -0.05) is 23.2 Å². The van der Waals surface area contributed by atoms with Gasteiger partial charge in [0.25, 0.3) is 10.0 Å². The van der Waals surface area contributed by atoms with Crippen molar-refractivity contribution < 1.29 is 39.9 Å². The molecule has 1 aromatic heterocycles. The molecule has 0 aliphatic rings. The van der Waals surface area contributed by atoms with E-state index in [1.165, 1.54) is 4.72 Å². The van der Waals surface area contributed by atoms with E-state index >= 15 is 0 Å². The minimum atomic E-state index is -5.84. The Labute approximate surface area is 153 Å². The Morgan fingerprint density at radius 1 is 1.17 bits per heavy atom. The maximum atomic E-state index is 12.7. The molecule has 0 amide bonds. The van der Waals surface area contributed by atoms with Gasteiger partial charge in [0.05, 0.1) is 22.1 Å². The van der Waals surface area contributed by atoms with Gasteiger partial charge in [0, 0.05) is 0 Å². The SMILES string of the molecule is O=S(=O)(NC(CO)C(C(F)(F)F)C(F)(F)F)c1sc(Cl)c(Br)c1Cl. The van der Waals surface area contributed by atoms with Gasteiger partial charge in [-0.15, -0.1) is 11.3 Å². The van der Waals surface area contributed by atoms with Gasteiger partial charge in [-0.2, -0.15) is 26.3 Å². The molecule has 0 saturated heterocycles. The minimum absolute atomic E-state index is 0.0834. The zero-order valence-electron chi connectivity index (χ0n) is 10.8. The number of sulfonamides is 1. The predicted molar refractivity (Wildman–Crippen MR) is 78.8 cm³/mol. The van der Waals surface area contributed by atoms with E-state index in [0.29, 0.717) is 11.3 Å². The highest BCUT2D eigenvalue weighted by Gasteiger charge is 2.60. The van der Waals surface area contributed by atoms with Gasteiger partial charge >= 0.3 is 12.4 Å². The van der Waals surface area contributed by atoms with E-state index in [1.54, 1.807) is 0 Å². The van der Waals surface area contributed by atoms with E-state index in [9.17, 15) is 34.8 Å². The first kappa shape index (κ1) is 22.3. The number of hydrogen-bond acceptors (Lipinski definition) is 4. The Bertz CT molecular complexity index is 691. The molecule has 1 rings (SSSR count). The number of thiophene rings is 1. The van der Waals surface area contributed by atoms with Gasteiger partial charge < -0.3 is 5.11 Å². The fourth-order valence-electron chi connectivity index (χ4n) is 1.63. The van der Waals surface area contributed by atoms with Gasteiger partial charge in [-0.05, 0) is 15.9 Å². The minimum Gasteiger partial charge on any atom is -0.395 e. The highest BCUT2D eigenvalue weighted by molar-refractivity contribution is 9.10. The second-order valence-electron chi connectivity index (χ2n) is 4.26. The van der Waals surface area contributed by atoms with E-state index in [2.05, 4.69) is 15.9 Å². The summed E-state index contributed by atoms with van der Waals surface area (Å²) >= 11 is 14.4. The largest absolute Gasteiger partial charge is 0.402 e. The first-order valence-electron chi connectivity index (χ1n) is 5.52. The molecular weight excluding hydrogens is 499 g/mol. The third kappa shape index (κ3) is 4.89. The Morgan fingerprint density at radius 2 is 1.62 bits per heavy atom. The smallest absolute Gasteiger partial charge is 0.395 e. The van der Waals surface area contributed by atoms with E-state index in [1.807, 2.05) is 0 Å². The monoisotopic (exact) mass is 503 g/mol. The lowest BCUT2D eigenvalue weighted by atomic mass is 10.00. The molecule has 0 aromatic carbocycles. The summed E-state index contributed by atoms with van der Waals surface area (Å²) in [6.45, 7) is -1.75. The van der Waals surface area contributed by atoms with Crippen LogP contribution in [0.25, 0.3) is 0 Å². The molecule has 0 aliphatic carbocycles. The maximum Gasteiger partial charge on any atom is 0.402 e. The molecule has 0 aliphatic heterocycles. The number of alkyl halides is 6. The van der Waals surface area contributed by atoms with E-state index in [4.69, 9.17) is 28.3 Å². The molecule has 1 atom stereocenters. The van der Waals surface area contributed by atoms with E-state index < -0.39 is 50.2 Å². The van der Waals surface area contributed by atoms with Crippen LogP contribution in [0.2, 0.25) is 9.36 Å². The second-order valence-corrected chi connectivity index (χ2v) is 8.97. The molecule has 1 aromatic rings. The Kier molecular flexibility index (Phi) is 6.90. The number of nitrogens with one attached hydrogen (secondary N) is 1. The van der Waals surface area contributed by atoms with Crippen LogP contribution in [0.3, 0.4) is 0 Å². The number of aliphatic hydroxyl groups is 1. The Balaban J connectivity index is 3.29. The zero-order chi connectivity index (χ0) is 19.1. The summed E-state index contributed by atoms with van der Waals surface area (Å²) in [6.07, 6.45) is -11.7. The van der Waals surface area contributed by atoms with Crippen LogP contribution < -0.4 is 4.72 Å². The third-order valence-electron chi connectivity index (χ3n) is 2.58. The summed E-state index contributed by atoms with van der Waals surface area (Å²) < 4.78 is 100. The first-order chi connectivity index (χ1) is 10.6. The second kappa shape index (κ2) is 7.45. The molecule has 1 heterocycles. The molecule has 0 radical (unpaired) electrons. The van der Waals surface area contributed by atoms with Gasteiger partial charge in [-0.3, -0.25) is 0 Å². The molecule has 24 heavy (non-hydrogen) atoms. The molecule has 15 heteroatoms. The molecule has 0 fully saturated rings. The normalized spacial score (nSPS) is 15.1. The maximum absolute atomic E-state index is 12.7. The van der Waals surface area contributed by atoms with Crippen molar-refractivity contribution in [2.75, 3.05) is 6.61 Å². The summed E-state index contributed by atoms with van der Waals surface area (Å²) in [6, 6.07) is -2.90. The molecule has 4 nitrogen and oxygen atoms in total. The van der Waals surface area contributed by atoms with E-state index in [0.717, 1.165) is 0 Å². The molecule has 1 unspecified atom stereocenters. The fraction of sp³-hybridized carbons (Fsp3) is 0.556. The van der Waals surface area contributed by atoms with Crippen molar-refractivity contribution in [2.45, 2.75) is 22.6 Å². The molecule has 0 bridgehead atoms. The van der Waals surface area contributed by atoms with Crippen molar-refractivity contribution in [1.29, 1.82) is 0 Å². The predicted octanol–water partition coefficient (Wildman–Crippen LogP) is 4.20. The van der Waals surface area contributed by atoms with Crippen LogP contribution in [0, 0.1) is 5.92 Å². The van der Waals surface area contributed by atoms with Crippen LogP contribution in [0.5, 0.6) is 0 Å². The molecule has 2 N–H and O–H groups in total. The average Bonchev–Trinajstić information content (AvgIpc) is 2.62. The Hall–Kier alpha value is 0.210. The van der Waals surface area contributed by atoms with Crippen molar-refractivity contribution in [3.8, 4) is 0 Å². The number of halogens is 9. The number of aliphatic hydroxyl groups excluding tert-OH is 1. The fourth-order valence-corrected chi connectivity index (χ4v) is 5.84. The van der Waals surface area contributed by atoms with Crippen molar-refractivity contribution in [2.24, 2.45) is 5.92 Å². The number of hydrogen-bond donors (Lipinski definition) is 2. The average molecular weight is 505 g/mol. The van der Waals surface area contributed by atoms with Crippen LogP contribution in [0.15, 0.2) is 8.68 Å².